The lowest BCUT2D eigenvalue weighted by molar-refractivity contribution is -0.123. The summed E-state index contributed by atoms with van der Waals surface area (Å²) in [4.78, 5) is 32.4. The first-order valence-electron chi connectivity index (χ1n) is 9.23. The molecule has 2 heterocycles. The van der Waals surface area contributed by atoms with Gasteiger partial charge in [0.25, 0.3) is 0 Å². The van der Waals surface area contributed by atoms with Crippen LogP contribution in [0.3, 0.4) is 0 Å². The van der Waals surface area contributed by atoms with Crippen LogP contribution in [0.1, 0.15) is 37.2 Å². The van der Waals surface area contributed by atoms with Gasteiger partial charge in [0, 0.05) is 18.0 Å². The molecule has 1 aliphatic heterocycles. The molecule has 3 aromatic rings. The van der Waals surface area contributed by atoms with E-state index in [4.69, 9.17) is 0 Å². The minimum atomic E-state index is -0.217. The molecule has 3 N–H and O–H groups in total. The first-order valence-corrected chi connectivity index (χ1v) is 9.23. The number of rotatable bonds is 5. The molecule has 6 nitrogen and oxygen atoms in total. The van der Waals surface area contributed by atoms with Gasteiger partial charge in [0.05, 0.1) is 17.1 Å². The van der Waals surface area contributed by atoms with Crippen molar-refractivity contribution in [3.63, 3.8) is 0 Å². The fraction of sp³-hybridized carbons (Fsp3) is 0.286. The Hall–Kier alpha value is -3.15. The zero-order valence-corrected chi connectivity index (χ0v) is 15.2. The number of imidazole rings is 1. The van der Waals surface area contributed by atoms with Gasteiger partial charge in [-0.2, -0.15) is 0 Å². The molecule has 6 heteroatoms. The number of nitrogens with zero attached hydrogens (tertiary/aromatic N) is 1. The number of anilines is 1. The minimum absolute atomic E-state index is 0.00756. The molecule has 0 fully saturated rings. The molecule has 2 unspecified atom stereocenters. The van der Waals surface area contributed by atoms with Crippen molar-refractivity contribution in [2.45, 2.75) is 32.2 Å². The Labute approximate surface area is 157 Å². The molecule has 1 aromatic heterocycles. The molecule has 138 valence electrons. The van der Waals surface area contributed by atoms with Crippen LogP contribution >= 0.6 is 0 Å². The highest BCUT2D eigenvalue weighted by molar-refractivity contribution is 5.96. The molecule has 4 rings (SSSR count). The number of aromatic amines is 1. The Kier molecular flexibility index (Phi) is 4.62. The lowest BCUT2D eigenvalue weighted by Crippen LogP contribution is -2.32. The van der Waals surface area contributed by atoms with Crippen molar-refractivity contribution in [1.82, 2.24) is 15.3 Å². The number of hydrogen-bond acceptors (Lipinski definition) is 3. The van der Waals surface area contributed by atoms with Crippen molar-refractivity contribution in [2.24, 2.45) is 5.92 Å². The van der Waals surface area contributed by atoms with Gasteiger partial charge in [-0.1, -0.05) is 30.3 Å². The molecular weight excluding hydrogens is 340 g/mol. The van der Waals surface area contributed by atoms with Crippen molar-refractivity contribution < 1.29 is 9.59 Å². The van der Waals surface area contributed by atoms with Gasteiger partial charge < -0.3 is 15.6 Å². The van der Waals surface area contributed by atoms with Crippen LogP contribution in [-0.4, -0.2) is 21.8 Å². The van der Waals surface area contributed by atoms with Crippen LogP contribution in [0.2, 0.25) is 0 Å². The molecule has 2 amide bonds. The maximum atomic E-state index is 12.4. The summed E-state index contributed by atoms with van der Waals surface area (Å²) in [5, 5.41) is 5.90. The number of hydrogen-bond donors (Lipinski definition) is 3. The van der Waals surface area contributed by atoms with Gasteiger partial charge in [-0.05, 0) is 43.5 Å². The third-order valence-corrected chi connectivity index (χ3v) is 5.03. The van der Waals surface area contributed by atoms with Crippen molar-refractivity contribution in [2.75, 3.05) is 5.32 Å². The number of para-hydroxylation sites is 3. The van der Waals surface area contributed by atoms with Crippen molar-refractivity contribution in [3.8, 4) is 0 Å². The van der Waals surface area contributed by atoms with Crippen LogP contribution < -0.4 is 10.6 Å². The smallest absolute Gasteiger partial charge is 0.227 e. The lowest BCUT2D eigenvalue weighted by Gasteiger charge is -2.24. The highest BCUT2D eigenvalue weighted by Gasteiger charge is 2.26. The predicted octanol–water partition coefficient (Wildman–Crippen LogP) is 3.33. The minimum Gasteiger partial charge on any atom is -0.346 e. The van der Waals surface area contributed by atoms with Crippen LogP contribution in [0.15, 0.2) is 48.5 Å². The molecule has 0 aliphatic carbocycles. The van der Waals surface area contributed by atoms with Gasteiger partial charge in [0.1, 0.15) is 5.82 Å². The summed E-state index contributed by atoms with van der Waals surface area (Å²) in [6.45, 7) is 1.90. The second-order valence-electron chi connectivity index (χ2n) is 7.01. The predicted molar refractivity (Wildman–Crippen MR) is 104 cm³/mol. The number of benzene rings is 2. The third-order valence-electron chi connectivity index (χ3n) is 5.03. The van der Waals surface area contributed by atoms with Crippen LogP contribution in [-0.2, 0) is 16.0 Å². The van der Waals surface area contributed by atoms with Crippen LogP contribution in [0.5, 0.6) is 0 Å². The van der Waals surface area contributed by atoms with Gasteiger partial charge in [-0.15, -0.1) is 0 Å². The molecular formula is C21H22N4O2. The maximum absolute atomic E-state index is 12.4. The highest BCUT2D eigenvalue weighted by Crippen LogP contribution is 2.27. The summed E-state index contributed by atoms with van der Waals surface area (Å²) in [5.74, 6) is 0.475. The molecule has 0 spiro atoms. The monoisotopic (exact) mass is 362 g/mol. The van der Waals surface area contributed by atoms with E-state index in [0.29, 0.717) is 19.3 Å². The molecule has 0 saturated carbocycles. The standard InChI is InChI=1S/C21H22N4O2/c1-13(20-23-17-8-4-5-9-18(17)24-20)22-19(26)11-10-15-12-14-6-2-3-7-16(14)25-21(15)27/h2-9,13,15H,10-12H2,1H3,(H,22,26)(H,23,24)(H,25,27). The van der Waals surface area contributed by atoms with Gasteiger partial charge in [-0.25, -0.2) is 4.98 Å². The normalized spacial score (nSPS) is 17.2. The van der Waals surface area contributed by atoms with Crippen molar-refractivity contribution in [1.29, 1.82) is 0 Å². The second kappa shape index (κ2) is 7.23. The number of amides is 2. The van der Waals surface area contributed by atoms with E-state index in [1.54, 1.807) is 0 Å². The first-order chi connectivity index (χ1) is 13.1. The van der Waals surface area contributed by atoms with Gasteiger partial charge in [-0.3, -0.25) is 9.59 Å². The van der Waals surface area contributed by atoms with Crippen LogP contribution in [0, 0.1) is 5.92 Å². The summed E-state index contributed by atoms with van der Waals surface area (Å²) in [6.07, 6.45) is 1.51. The Morgan fingerprint density at radius 1 is 1.22 bits per heavy atom. The molecule has 2 atom stereocenters. The van der Waals surface area contributed by atoms with Gasteiger partial charge >= 0.3 is 0 Å². The summed E-state index contributed by atoms with van der Waals surface area (Å²) < 4.78 is 0. The van der Waals surface area contributed by atoms with E-state index in [9.17, 15) is 9.59 Å². The van der Waals surface area contributed by atoms with Gasteiger partial charge in [0.15, 0.2) is 0 Å². The van der Waals surface area contributed by atoms with E-state index in [0.717, 1.165) is 28.1 Å². The topological polar surface area (TPSA) is 86.9 Å². The molecule has 0 saturated heterocycles. The Morgan fingerprint density at radius 2 is 2.00 bits per heavy atom. The summed E-state index contributed by atoms with van der Waals surface area (Å²) in [6, 6.07) is 15.4. The summed E-state index contributed by atoms with van der Waals surface area (Å²) in [5.41, 5.74) is 3.83. The van der Waals surface area contributed by atoms with E-state index in [2.05, 4.69) is 20.6 Å². The molecule has 1 aliphatic rings. The SMILES string of the molecule is CC(NC(=O)CCC1Cc2ccccc2NC1=O)c1nc2ccccc2[nH]1. The number of carbonyl (C=O) groups is 2. The molecule has 0 bridgehead atoms. The van der Waals surface area contributed by atoms with Crippen molar-refractivity contribution in [3.05, 3.63) is 59.9 Å². The Balaban J connectivity index is 1.33. The molecule has 0 radical (unpaired) electrons. The Morgan fingerprint density at radius 3 is 2.85 bits per heavy atom. The fourth-order valence-corrected chi connectivity index (χ4v) is 3.51. The van der Waals surface area contributed by atoms with Gasteiger partial charge in [0.2, 0.25) is 11.8 Å². The van der Waals surface area contributed by atoms with E-state index < -0.39 is 0 Å². The Bertz CT molecular complexity index is 962. The first kappa shape index (κ1) is 17.3. The average molecular weight is 362 g/mol. The van der Waals surface area contributed by atoms with Crippen molar-refractivity contribution >= 4 is 28.5 Å². The second-order valence-corrected chi connectivity index (χ2v) is 7.01. The summed E-state index contributed by atoms with van der Waals surface area (Å²) >= 11 is 0. The van der Waals surface area contributed by atoms with Crippen LogP contribution in [0.4, 0.5) is 5.69 Å². The number of fused-ring (bicyclic) bond motifs is 2. The number of carbonyl (C=O) groups excluding carboxylic acids is 2. The lowest BCUT2D eigenvalue weighted by atomic mass is 9.89. The average Bonchev–Trinajstić information content (AvgIpc) is 3.11. The highest BCUT2D eigenvalue weighted by atomic mass is 16.2. The number of H-pyrrole nitrogens is 1. The molecule has 27 heavy (non-hydrogen) atoms. The zero-order valence-electron chi connectivity index (χ0n) is 15.2. The number of nitrogens with one attached hydrogen (secondary N) is 3. The van der Waals surface area contributed by atoms with E-state index in [-0.39, 0.29) is 23.8 Å². The van der Waals surface area contributed by atoms with Crippen LogP contribution in [0.25, 0.3) is 11.0 Å². The number of aromatic nitrogens is 2. The van der Waals surface area contributed by atoms with E-state index in [1.165, 1.54) is 0 Å². The summed E-state index contributed by atoms with van der Waals surface area (Å²) in [7, 11) is 0. The zero-order chi connectivity index (χ0) is 18.8. The third kappa shape index (κ3) is 3.69. The van der Waals surface area contributed by atoms with E-state index >= 15 is 0 Å². The maximum Gasteiger partial charge on any atom is 0.227 e. The quantitative estimate of drug-likeness (QED) is 0.651. The molecule has 2 aromatic carbocycles. The van der Waals surface area contributed by atoms with E-state index in [1.807, 2.05) is 55.5 Å². The largest absolute Gasteiger partial charge is 0.346 e. The fourth-order valence-electron chi connectivity index (χ4n) is 3.51.